The number of carbonyl (C=O) groups is 1. The highest BCUT2D eigenvalue weighted by Crippen LogP contribution is 1.85. The van der Waals surface area contributed by atoms with E-state index in [1.54, 1.807) is 6.92 Å². The van der Waals surface area contributed by atoms with E-state index in [2.05, 4.69) is 9.99 Å². The lowest BCUT2D eigenvalue weighted by molar-refractivity contribution is -0.122. The summed E-state index contributed by atoms with van der Waals surface area (Å²) in [5.74, 6) is -0.635. The van der Waals surface area contributed by atoms with Gasteiger partial charge in [-0.2, -0.15) is 0 Å². The van der Waals surface area contributed by atoms with Crippen molar-refractivity contribution in [1.29, 1.82) is 0 Å². The molecule has 0 bridgehead atoms. The molecule has 2 N–H and O–H groups in total. The second-order valence-corrected chi connectivity index (χ2v) is 1.52. The Hall–Kier alpha value is -1.10. The van der Waals surface area contributed by atoms with Gasteiger partial charge in [-0.1, -0.05) is 12.1 Å². The molecule has 5 heteroatoms. The van der Waals surface area contributed by atoms with E-state index >= 15 is 0 Å². The summed E-state index contributed by atoms with van der Waals surface area (Å²) in [7, 11) is 1.33. The van der Waals surface area contributed by atoms with Crippen molar-refractivity contribution in [2.45, 2.75) is 13.3 Å². The van der Waals surface area contributed by atoms with Crippen LogP contribution in [0, 0.1) is 0 Å². The van der Waals surface area contributed by atoms with Gasteiger partial charge in [-0.05, 0) is 6.42 Å². The minimum Gasteiger partial charge on any atom is -0.399 e. The molecule has 0 atom stereocenters. The van der Waals surface area contributed by atoms with Crippen molar-refractivity contribution in [3.63, 3.8) is 0 Å². The molecule has 5 nitrogen and oxygen atoms in total. The maximum Gasteiger partial charge on any atom is 0.292 e. The highest BCUT2D eigenvalue weighted by Gasteiger charge is 2.07. The number of hydrogen-bond donors (Lipinski definition) is 2. The van der Waals surface area contributed by atoms with Gasteiger partial charge in [0.1, 0.15) is 12.8 Å². The fraction of sp³-hybridized carbons (Fsp3) is 0.600. The van der Waals surface area contributed by atoms with Crippen molar-refractivity contribution in [1.82, 2.24) is 5.48 Å². The van der Waals surface area contributed by atoms with Crippen LogP contribution in [0.2, 0.25) is 0 Å². The zero-order valence-electron chi connectivity index (χ0n) is 5.92. The van der Waals surface area contributed by atoms with Crippen LogP contribution in [0.4, 0.5) is 0 Å². The van der Waals surface area contributed by atoms with Crippen LogP contribution >= 0.6 is 0 Å². The molecule has 0 radical (unpaired) electrons. The third kappa shape index (κ3) is 2.45. The van der Waals surface area contributed by atoms with E-state index in [4.69, 9.17) is 5.21 Å². The van der Waals surface area contributed by atoms with Crippen LogP contribution in [0.1, 0.15) is 13.3 Å². The monoisotopic (exact) mass is 146 g/mol. The Bertz CT molecular complexity index is 144. The Morgan fingerprint density at radius 1 is 1.80 bits per heavy atom. The molecule has 0 fully saturated rings. The van der Waals surface area contributed by atoms with E-state index in [-0.39, 0.29) is 5.71 Å². The molecule has 0 saturated heterocycles. The van der Waals surface area contributed by atoms with Crippen LogP contribution in [0.15, 0.2) is 5.16 Å². The van der Waals surface area contributed by atoms with E-state index in [1.165, 1.54) is 12.6 Å². The maximum absolute atomic E-state index is 10.6. The summed E-state index contributed by atoms with van der Waals surface area (Å²) in [6, 6.07) is 0. The Morgan fingerprint density at radius 3 is 2.70 bits per heavy atom. The summed E-state index contributed by atoms with van der Waals surface area (Å²) in [6.07, 6.45) is 0.417. The number of amides is 1. The van der Waals surface area contributed by atoms with Gasteiger partial charge in [0.25, 0.3) is 5.91 Å². The van der Waals surface area contributed by atoms with Gasteiger partial charge in [-0.3, -0.25) is 10.0 Å². The number of nitrogens with one attached hydrogen (secondary N) is 1. The molecule has 0 aromatic heterocycles. The fourth-order valence-electron chi connectivity index (χ4n) is 0.441. The van der Waals surface area contributed by atoms with Gasteiger partial charge >= 0.3 is 0 Å². The van der Waals surface area contributed by atoms with Crippen molar-refractivity contribution in [3.05, 3.63) is 0 Å². The van der Waals surface area contributed by atoms with Crippen molar-refractivity contribution in [2.24, 2.45) is 5.16 Å². The molecule has 58 valence electrons. The zero-order chi connectivity index (χ0) is 7.98. The largest absolute Gasteiger partial charge is 0.399 e. The lowest BCUT2D eigenvalue weighted by Gasteiger charge is -1.97. The average Bonchev–Trinajstić information content (AvgIpc) is 1.99. The first-order valence-electron chi connectivity index (χ1n) is 2.80. The normalized spacial score (nSPS) is 10.9. The topological polar surface area (TPSA) is 70.9 Å². The minimum atomic E-state index is -0.635. The summed E-state index contributed by atoms with van der Waals surface area (Å²) >= 11 is 0. The van der Waals surface area contributed by atoms with E-state index in [1.807, 2.05) is 0 Å². The van der Waals surface area contributed by atoms with E-state index < -0.39 is 5.91 Å². The predicted molar refractivity (Wildman–Crippen MR) is 34.7 cm³/mol. The van der Waals surface area contributed by atoms with Gasteiger partial charge in [-0.15, -0.1) is 0 Å². The highest BCUT2D eigenvalue weighted by molar-refractivity contribution is 6.38. The van der Waals surface area contributed by atoms with Gasteiger partial charge in [0, 0.05) is 0 Å². The molecule has 0 unspecified atom stereocenters. The fourth-order valence-corrected chi connectivity index (χ4v) is 0.441. The second kappa shape index (κ2) is 4.75. The highest BCUT2D eigenvalue weighted by atomic mass is 16.6. The smallest absolute Gasteiger partial charge is 0.292 e. The Morgan fingerprint density at radius 2 is 2.40 bits per heavy atom. The molecule has 0 aliphatic heterocycles. The first-order chi connectivity index (χ1) is 4.76. The molecular weight excluding hydrogens is 136 g/mol. The molecule has 0 aliphatic carbocycles. The molecule has 10 heavy (non-hydrogen) atoms. The predicted octanol–water partition coefficient (Wildman–Crippen LogP) is -0.0958. The lowest BCUT2D eigenvalue weighted by Crippen LogP contribution is -2.27. The zero-order valence-corrected chi connectivity index (χ0v) is 5.92. The van der Waals surface area contributed by atoms with Gasteiger partial charge < -0.3 is 4.84 Å². The second-order valence-electron chi connectivity index (χ2n) is 1.52. The molecule has 0 heterocycles. The van der Waals surface area contributed by atoms with Crippen LogP contribution in [-0.2, 0) is 9.63 Å². The van der Waals surface area contributed by atoms with E-state index in [0.717, 1.165) is 0 Å². The number of carbonyl (C=O) groups excluding carboxylic acids is 1. The molecule has 0 aromatic carbocycles. The molecule has 0 spiro atoms. The standard InChI is InChI=1S/C5H10N2O3/c1-3-4(7-10-2)5(8)6-9/h9H,3H2,1-2H3,(H,6,8)/b7-4+. The van der Waals surface area contributed by atoms with Crippen LogP contribution in [-0.4, -0.2) is 23.9 Å². The van der Waals surface area contributed by atoms with Crippen LogP contribution in [0.5, 0.6) is 0 Å². The Labute approximate surface area is 58.6 Å². The lowest BCUT2D eigenvalue weighted by atomic mass is 10.3. The SMILES string of the molecule is CC/C(=N\OC)C(=O)NO. The number of nitrogens with zero attached hydrogens (tertiary/aromatic N) is 1. The van der Waals surface area contributed by atoms with Gasteiger partial charge in [0.15, 0.2) is 0 Å². The summed E-state index contributed by atoms with van der Waals surface area (Å²) in [5, 5.41) is 11.5. The number of hydroxylamine groups is 1. The molecule has 0 aliphatic rings. The van der Waals surface area contributed by atoms with Crippen LogP contribution in [0.3, 0.4) is 0 Å². The molecule has 0 aromatic rings. The summed E-state index contributed by atoms with van der Waals surface area (Å²) in [5.41, 5.74) is 1.61. The van der Waals surface area contributed by atoms with E-state index in [0.29, 0.717) is 6.42 Å². The van der Waals surface area contributed by atoms with Gasteiger partial charge in [0.2, 0.25) is 0 Å². The molecule has 0 saturated carbocycles. The Kier molecular flexibility index (Phi) is 4.23. The average molecular weight is 146 g/mol. The van der Waals surface area contributed by atoms with Crippen LogP contribution in [0.25, 0.3) is 0 Å². The van der Waals surface area contributed by atoms with Crippen molar-refractivity contribution in [2.75, 3.05) is 7.11 Å². The van der Waals surface area contributed by atoms with Crippen LogP contribution < -0.4 is 5.48 Å². The first kappa shape index (κ1) is 8.90. The summed E-state index contributed by atoms with van der Waals surface area (Å²) < 4.78 is 0. The number of hydrogen-bond acceptors (Lipinski definition) is 4. The Balaban J connectivity index is 4.06. The van der Waals surface area contributed by atoms with Gasteiger partial charge in [0.05, 0.1) is 0 Å². The van der Waals surface area contributed by atoms with Crippen molar-refractivity contribution < 1.29 is 14.8 Å². The molecule has 0 rings (SSSR count). The maximum atomic E-state index is 10.6. The summed E-state index contributed by atoms with van der Waals surface area (Å²) in [4.78, 5) is 14.9. The third-order valence-corrected chi connectivity index (χ3v) is 0.900. The number of oxime groups is 1. The number of rotatable bonds is 3. The van der Waals surface area contributed by atoms with Gasteiger partial charge in [-0.25, -0.2) is 5.48 Å². The third-order valence-electron chi connectivity index (χ3n) is 0.900. The minimum absolute atomic E-state index is 0.157. The van der Waals surface area contributed by atoms with Crippen molar-refractivity contribution in [3.8, 4) is 0 Å². The molecular formula is C5H10N2O3. The quantitative estimate of drug-likeness (QED) is 0.332. The first-order valence-corrected chi connectivity index (χ1v) is 2.80. The summed E-state index contributed by atoms with van der Waals surface area (Å²) in [6.45, 7) is 1.73. The van der Waals surface area contributed by atoms with E-state index in [9.17, 15) is 4.79 Å². The van der Waals surface area contributed by atoms with Crippen molar-refractivity contribution >= 4 is 11.6 Å². The molecule has 1 amide bonds.